The molecule has 4 rings (SSSR count). The third-order valence-corrected chi connectivity index (χ3v) is 5.08. The summed E-state index contributed by atoms with van der Waals surface area (Å²) in [5.74, 6) is -2.26. The first kappa shape index (κ1) is 22.8. The summed E-state index contributed by atoms with van der Waals surface area (Å²) >= 11 is 0. The van der Waals surface area contributed by atoms with Crippen LogP contribution in [0, 0.1) is 5.92 Å². The zero-order valence-electron chi connectivity index (χ0n) is 17.0. The highest BCUT2D eigenvalue weighted by Gasteiger charge is 2.38. The number of carbonyl (C=O) groups excluding carboxylic acids is 1. The number of hydrogen-bond acceptors (Lipinski definition) is 5. The van der Waals surface area contributed by atoms with Crippen molar-refractivity contribution in [2.75, 3.05) is 13.1 Å². The lowest BCUT2D eigenvalue weighted by atomic mass is 10.1. The third kappa shape index (κ3) is 6.54. The molecule has 2 aliphatic rings. The number of carboxylic acid groups (broad SMARTS) is 1. The smallest absolute Gasteiger partial charge is 0.475 e. The second kappa shape index (κ2) is 9.50. The number of carbonyl (C=O) groups is 2. The SMILES string of the molecule is Cn1cc(CN2Cc3ccnn3C(CCNC(=O)C3CC3)C2)cn1.O=C(O)C(F)(F)F. The van der Waals surface area contributed by atoms with Crippen LogP contribution in [0.15, 0.2) is 24.7 Å². The molecule has 0 bridgehead atoms. The molecule has 1 aliphatic carbocycles. The summed E-state index contributed by atoms with van der Waals surface area (Å²) in [6.45, 7) is 3.46. The van der Waals surface area contributed by atoms with Gasteiger partial charge in [-0.05, 0) is 25.3 Å². The molecule has 0 radical (unpaired) electrons. The van der Waals surface area contributed by atoms with Crippen molar-refractivity contribution in [3.8, 4) is 0 Å². The van der Waals surface area contributed by atoms with E-state index in [4.69, 9.17) is 9.90 Å². The van der Waals surface area contributed by atoms with E-state index in [9.17, 15) is 18.0 Å². The van der Waals surface area contributed by atoms with Gasteiger partial charge < -0.3 is 10.4 Å². The Morgan fingerprint density at radius 3 is 2.58 bits per heavy atom. The molecule has 2 N–H and O–H groups in total. The molecule has 1 unspecified atom stereocenters. The number of aliphatic carboxylic acids is 1. The lowest BCUT2D eigenvalue weighted by molar-refractivity contribution is -0.192. The van der Waals surface area contributed by atoms with E-state index >= 15 is 0 Å². The predicted molar refractivity (Wildman–Crippen MR) is 103 cm³/mol. The van der Waals surface area contributed by atoms with Crippen molar-refractivity contribution >= 4 is 11.9 Å². The number of amides is 1. The van der Waals surface area contributed by atoms with Crippen molar-refractivity contribution in [2.45, 2.75) is 44.6 Å². The van der Waals surface area contributed by atoms with Gasteiger partial charge in [-0.3, -0.25) is 19.1 Å². The highest BCUT2D eigenvalue weighted by molar-refractivity contribution is 5.80. The van der Waals surface area contributed by atoms with E-state index in [0.717, 1.165) is 45.4 Å². The van der Waals surface area contributed by atoms with Gasteiger partial charge in [-0.15, -0.1) is 0 Å². The zero-order chi connectivity index (χ0) is 22.6. The van der Waals surface area contributed by atoms with E-state index in [1.807, 2.05) is 24.1 Å². The van der Waals surface area contributed by atoms with Crippen LogP contribution in [-0.4, -0.2) is 60.7 Å². The Kier molecular flexibility index (Phi) is 6.98. The van der Waals surface area contributed by atoms with Gasteiger partial charge in [-0.1, -0.05) is 0 Å². The number of nitrogens with one attached hydrogen (secondary N) is 1. The van der Waals surface area contributed by atoms with Crippen molar-refractivity contribution in [3.05, 3.63) is 35.9 Å². The highest BCUT2D eigenvalue weighted by atomic mass is 19.4. The Morgan fingerprint density at radius 2 is 2.00 bits per heavy atom. The van der Waals surface area contributed by atoms with Gasteiger partial charge in [0.05, 0.1) is 17.9 Å². The van der Waals surface area contributed by atoms with Gasteiger partial charge in [0.1, 0.15) is 0 Å². The number of fused-ring (bicyclic) bond motifs is 1. The van der Waals surface area contributed by atoms with Gasteiger partial charge in [0.15, 0.2) is 0 Å². The summed E-state index contributed by atoms with van der Waals surface area (Å²) in [7, 11) is 1.94. The van der Waals surface area contributed by atoms with Crippen LogP contribution >= 0.6 is 0 Å². The van der Waals surface area contributed by atoms with E-state index in [-0.39, 0.29) is 11.8 Å². The van der Waals surface area contributed by atoms with Gasteiger partial charge in [0.25, 0.3) is 0 Å². The zero-order valence-corrected chi connectivity index (χ0v) is 17.0. The first-order valence-corrected chi connectivity index (χ1v) is 9.93. The first-order valence-electron chi connectivity index (χ1n) is 9.93. The number of alkyl halides is 3. The third-order valence-electron chi connectivity index (χ3n) is 5.08. The Labute approximate surface area is 176 Å². The van der Waals surface area contributed by atoms with Gasteiger partial charge in [-0.25, -0.2) is 4.79 Å². The minimum Gasteiger partial charge on any atom is -0.475 e. The molecule has 2 aromatic heterocycles. The van der Waals surface area contributed by atoms with Crippen molar-refractivity contribution in [1.82, 2.24) is 29.8 Å². The molecule has 2 aromatic rings. The van der Waals surface area contributed by atoms with E-state index in [2.05, 4.69) is 37.4 Å². The Balaban J connectivity index is 0.000000339. The van der Waals surface area contributed by atoms with E-state index in [1.165, 1.54) is 11.3 Å². The van der Waals surface area contributed by atoms with E-state index in [1.54, 1.807) is 0 Å². The molecule has 1 aliphatic heterocycles. The Bertz CT molecular complexity index is 906. The molecular weight excluding hydrogens is 417 g/mol. The molecule has 0 aromatic carbocycles. The highest BCUT2D eigenvalue weighted by Crippen LogP contribution is 2.29. The van der Waals surface area contributed by atoms with Crippen molar-refractivity contribution < 1.29 is 27.9 Å². The Hall–Kier alpha value is -2.89. The predicted octanol–water partition coefficient (Wildman–Crippen LogP) is 1.72. The number of rotatable bonds is 6. The summed E-state index contributed by atoms with van der Waals surface area (Å²) in [6.07, 6.45) is 3.80. The molecule has 31 heavy (non-hydrogen) atoms. The first-order chi connectivity index (χ1) is 14.6. The maximum atomic E-state index is 11.8. The molecule has 1 atom stereocenters. The van der Waals surface area contributed by atoms with Gasteiger partial charge in [0, 0.05) is 57.1 Å². The van der Waals surface area contributed by atoms with Gasteiger partial charge >= 0.3 is 12.1 Å². The Morgan fingerprint density at radius 1 is 1.29 bits per heavy atom. The lowest BCUT2D eigenvalue weighted by Crippen LogP contribution is -2.39. The fourth-order valence-corrected chi connectivity index (χ4v) is 3.46. The molecule has 1 saturated carbocycles. The molecule has 1 fully saturated rings. The molecule has 0 saturated heterocycles. The minimum atomic E-state index is -5.08. The average molecular weight is 442 g/mol. The fourth-order valence-electron chi connectivity index (χ4n) is 3.46. The number of nitrogens with zero attached hydrogens (tertiary/aromatic N) is 5. The topological polar surface area (TPSA) is 105 Å². The normalized spacial score (nSPS) is 18.6. The molecule has 9 nitrogen and oxygen atoms in total. The molecule has 12 heteroatoms. The molecule has 1 amide bonds. The fraction of sp³-hybridized carbons (Fsp3) is 0.579. The number of aryl methyl sites for hydroxylation is 1. The van der Waals surface area contributed by atoms with Crippen LogP contribution in [-0.2, 0) is 29.7 Å². The van der Waals surface area contributed by atoms with Crippen LogP contribution < -0.4 is 5.32 Å². The van der Waals surface area contributed by atoms with Crippen molar-refractivity contribution in [1.29, 1.82) is 0 Å². The largest absolute Gasteiger partial charge is 0.490 e. The monoisotopic (exact) mass is 442 g/mol. The molecule has 0 spiro atoms. The maximum Gasteiger partial charge on any atom is 0.490 e. The lowest BCUT2D eigenvalue weighted by Gasteiger charge is -2.33. The summed E-state index contributed by atoms with van der Waals surface area (Å²) in [6, 6.07) is 2.39. The summed E-state index contributed by atoms with van der Waals surface area (Å²) < 4.78 is 35.7. The minimum absolute atomic E-state index is 0.221. The van der Waals surface area contributed by atoms with Crippen LogP contribution in [0.2, 0.25) is 0 Å². The number of carboxylic acids is 1. The second-order valence-corrected chi connectivity index (χ2v) is 7.77. The molecular formula is C19H25F3N6O3. The van der Waals surface area contributed by atoms with Crippen LogP contribution in [0.4, 0.5) is 13.2 Å². The second-order valence-electron chi connectivity index (χ2n) is 7.77. The quantitative estimate of drug-likeness (QED) is 0.706. The van der Waals surface area contributed by atoms with Gasteiger partial charge in [0.2, 0.25) is 5.91 Å². The van der Waals surface area contributed by atoms with Crippen LogP contribution in [0.1, 0.15) is 36.6 Å². The summed E-state index contributed by atoms with van der Waals surface area (Å²) in [5.41, 5.74) is 2.47. The van der Waals surface area contributed by atoms with Crippen LogP contribution in [0.3, 0.4) is 0 Å². The summed E-state index contributed by atoms with van der Waals surface area (Å²) in [5, 5.41) is 18.9. The molecule has 170 valence electrons. The number of halogens is 3. The van der Waals surface area contributed by atoms with Crippen LogP contribution in [0.5, 0.6) is 0 Å². The summed E-state index contributed by atoms with van der Waals surface area (Å²) in [4.78, 5) is 23.1. The van der Waals surface area contributed by atoms with E-state index < -0.39 is 12.1 Å². The number of aromatic nitrogens is 4. The molecule has 3 heterocycles. The number of hydrogen-bond donors (Lipinski definition) is 2. The van der Waals surface area contributed by atoms with Gasteiger partial charge in [-0.2, -0.15) is 23.4 Å². The van der Waals surface area contributed by atoms with Crippen molar-refractivity contribution in [2.24, 2.45) is 13.0 Å². The average Bonchev–Trinajstić information content (AvgIpc) is 3.30. The van der Waals surface area contributed by atoms with Crippen LogP contribution in [0.25, 0.3) is 0 Å². The maximum absolute atomic E-state index is 11.8. The standard InChI is InChI=1S/C17H24N6O.C2HF3O2/c1-21-9-13(8-20-21)10-22-11-15(23-16(12-22)5-7-19-23)4-6-18-17(24)14-2-3-14;3-2(4,5)1(6)7/h5,7-9,14-15H,2-4,6,10-12H2,1H3,(H,18,24);(H,6,7). The van der Waals surface area contributed by atoms with E-state index in [0.29, 0.717) is 6.04 Å². The van der Waals surface area contributed by atoms with Crippen molar-refractivity contribution in [3.63, 3.8) is 0 Å².